The summed E-state index contributed by atoms with van der Waals surface area (Å²) in [4.78, 5) is 31.7. The van der Waals surface area contributed by atoms with Gasteiger partial charge < -0.3 is 10.2 Å². The second-order valence-electron chi connectivity index (χ2n) is 10.5. The number of aromatic nitrogens is 3. The lowest BCUT2D eigenvalue weighted by atomic mass is 10.1. The number of piperazine rings is 1. The standard InChI is InChI=1S/C35H34N6OS/c42-34(37-24-27-14-16-36-17-15-27)31-13-7-10-29(22-31)26-43-35-38-32(30-11-5-2-6-12-30)23-33(39-35)41-20-18-40(19-21-41)25-28-8-3-1-4-9-28/h1-17,22-23H,18-21,24-26H2,(H,37,42). The van der Waals surface area contributed by atoms with Crippen molar-refractivity contribution in [3.8, 4) is 11.3 Å². The maximum atomic E-state index is 12.8. The van der Waals surface area contributed by atoms with Gasteiger partial charge in [-0.15, -0.1) is 0 Å². The molecule has 3 aromatic carbocycles. The van der Waals surface area contributed by atoms with Crippen LogP contribution in [0.2, 0.25) is 0 Å². The number of nitrogens with one attached hydrogen (secondary N) is 1. The molecular formula is C35H34N6OS. The molecule has 1 aliphatic rings. The zero-order valence-electron chi connectivity index (χ0n) is 24.0. The van der Waals surface area contributed by atoms with Gasteiger partial charge in [-0.2, -0.15) is 0 Å². The molecule has 1 N–H and O–H groups in total. The number of carbonyl (C=O) groups is 1. The Hall–Kier alpha value is -4.53. The average molecular weight is 587 g/mol. The Bertz CT molecular complexity index is 1630. The fourth-order valence-corrected chi connectivity index (χ4v) is 5.90. The van der Waals surface area contributed by atoms with Gasteiger partial charge in [0.05, 0.1) is 5.69 Å². The van der Waals surface area contributed by atoms with Gasteiger partial charge in [0.15, 0.2) is 5.16 Å². The molecule has 1 saturated heterocycles. The van der Waals surface area contributed by atoms with E-state index in [1.165, 1.54) is 5.56 Å². The summed E-state index contributed by atoms with van der Waals surface area (Å²) in [6.07, 6.45) is 3.46. The lowest BCUT2D eigenvalue weighted by Crippen LogP contribution is -2.46. The molecule has 8 heteroatoms. The highest BCUT2D eigenvalue weighted by Crippen LogP contribution is 2.28. The van der Waals surface area contributed by atoms with Gasteiger partial charge in [-0.25, -0.2) is 9.97 Å². The maximum Gasteiger partial charge on any atom is 0.251 e. The van der Waals surface area contributed by atoms with Crippen LogP contribution >= 0.6 is 11.8 Å². The molecule has 7 nitrogen and oxygen atoms in total. The normalized spacial score (nSPS) is 13.5. The molecule has 216 valence electrons. The van der Waals surface area contributed by atoms with Crippen LogP contribution in [0, 0.1) is 0 Å². The SMILES string of the molecule is O=C(NCc1ccncc1)c1cccc(CSc2nc(-c3ccccc3)cc(N3CCN(Cc4ccccc4)CC3)n2)c1. The van der Waals surface area contributed by atoms with Crippen LogP contribution in [0.25, 0.3) is 11.3 Å². The number of amides is 1. The van der Waals surface area contributed by atoms with Gasteiger partial charge in [-0.3, -0.25) is 14.7 Å². The van der Waals surface area contributed by atoms with Crippen LogP contribution in [0.3, 0.4) is 0 Å². The predicted molar refractivity (Wildman–Crippen MR) is 173 cm³/mol. The summed E-state index contributed by atoms with van der Waals surface area (Å²) in [6, 6.07) is 34.6. The summed E-state index contributed by atoms with van der Waals surface area (Å²) in [5, 5.41) is 3.73. The van der Waals surface area contributed by atoms with E-state index in [0.717, 1.165) is 66.1 Å². The first kappa shape index (κ1) is 28.6. The van der Waals surface area contributed by atoms with E-state index >= 15 is 0 Å². The molecule has 1 amide bonds. The van der Waals surface area contributed by atoms with E-state index in [2.05, 4.69) is 68.6 Å². The molecule has 5 aromatic rings. The Morgan fingerprint density at radius 2 is 1.47 bits per heavy atom. The third kappa shape index (κ3) is 7.85. The number of anilines is 1. The Balaban J connectivity index is 1.14. The van der Waals surface area contributed by atoms with Gasteiger partial charge in [-0.1, -0.05) is 84.6 Å². The van der Waals surface area contributed by atoms with Crippen molar-refractivity contribution >= 4 is 23.5 Å². The van der Waals surface area contributed by atoms with Crippen molar-refractivity contribution in [3.63, 3.8) is 0 Å². The minimum Gasteiger partial charge on any atom is -0.354 e. The second kappa shape index (κ2) is 14.1. The smallest absolute Gasteiger partial charge is 0.251 e. The molecule has 0 bridgehead atoms. The number of carbonyl (C=O) groups excluding carboxylic acids is 1. The average Bonchev–Trinajstić information content (AvgIpc) is 3.08. The molecule has 3 heterocycles. The van der Waals surface area contributed by atoms with Gasteiger partial charge in [0, 0.05) is 74.6 Å². The minimum absolute atomic E-state index is 0.0975. The Labute approximate surface area is 257 Å². The number of benzene rings is 3. The first-order valence-corrected chi connectivity index (χ1v) is 15.5. The van der Waals surface area contributed by atoms with Crippen molar-refractivity contribution in [1.82, 2.24) is 25.2 Å². The van der Waals surface area contributed by atoms with Gasteiger partial charge in [-0.05, 0) is 41.0 Å². The first-order valence-electron chi connectivity index (χ1n) is 14.5. The maximum absolute atomic E-state index is 12.8. The van der Waals surface area contributed by atoms with E-state index < -0.39 is 0 Å². The van der Waals surface area contributed by atoms with Crippen LogP contribution in [0.1, 0.15) is 27.0 Å². The summed E-state index contributed by atoms with van der Waals surface area (Å²) < 4.78 is 0. The van der Waals surface area contributed by atoms with Crippen LogP contribution < -0.4 is 10.2 Å². The van der Waals surface area contributed by atoms with Crippen LogP contribution in [0.4, 0.5) is 5.82 Å². The minimum atomic E-state index is -0.0975. The van der Waals surface area contributed by atoms with E-state index in [0.29, 0.717) is 17.9 Å². The number of rotatable bonds is 10. The van der Waals surface area contributed by atoms with Crippen molar-refractivity contribution in [3.05, 3.63) is 138 Å². The third-order valence-corrected chi connectivity index (χ3v) is 8.38. The highest BCUT2D eigenvalue weighted by Gasteiger charge is 2.20. The highest BCUT2D eigenvalue weighted by molar-refractivity contribution is 7.98. The number of thioether (sulfide) groups is 1. The molecule has 2 aromatic heterocycles. The second-order valence-corrected chi connectivity index (χ2v) is 11.5. The Morgan fingerprint density at radius 1 is 0.744 bits per heavy atom. The number of pyridine rings is 1. The summed E-state index contributed by atoms with van der Waals surface area (Å²) in [5.41, 5.74) is 6.04. The molecular weight excluding hydrogens is 552 g/mol. The lowest BCUT2D eigenvalue weighted by molar-refractivity contribution is 0.0951. The third-order valence-electron chi connectivity index (χ3n) is 7.47. The van der Waals surface area contributed by atoms with Gasteiger partial charge >= 0.3 is 0 Å². The van der Waals surface area contributed by atoms with Crippen LogP contribution in [-0.4, -0.2) is 51.9 Å². The number of hydrogen-bond acceptors (Lipinski definition) is 7. The van der Waals surface area contributed by atoms with Gasteiger partial charge in [0.1, 0.15) is 5.82 Å². The van der Waals surface area contributed by atoms with Crippen LogP contribution in [-0.2, 0) is 18.8 Å². The predicted octanol–water partition coefficient (Wildman–Crippen LogP) is 6.08. The molecule has 1 aliphatic heterocycles. The van der Waals surface area contributed by atoms with Gasteiger partial charge in [0.25, 0.3) is 5.91 Å². The molecule has 0 radical (unpaired) electrons. The molecule has 1 fully saturated rings. The van der Waals surface area contributed by atoms with Crippen LogP contribution in [0.15, 0.2) is 121 Å². The summed E-state index contributed by atoms with van der Waals surface area (Å²) >= 11 is 1.60. The van der Waals surface area contributed by atoms with E-state index in [9.17, 15) is 4.79 Å². The number of nitrogens with zero attached hydrogens (tertiary/aromatic N) is 5. The van der Waals surface area contributed by atoms with Crippen molar-refractivity contribution < 1.29 is 4.79 Å². The van der Waals surface area contributed by atoms with Crippen molar-refractivity contribution in [1.29, 1.82) is 0 Å². The quantitative estimate of drug-likeness (QED) is 0.157. The zero-order chi connectivity index (χ0) is 29.3. The fraction of sp³-hybridized carbons (Fsp3) is 0.200. The monoisotopic (exact) mass is 586 g/mol. The fourth-order valence-electron chi connectivity index (χ4n) is 5.11. The lowest BCUT2D eigenvalue weighted by Gasteiger charge is -2.35. The van der Waals surface area contributed by atoms with Crippen LogP contribution in [0.5, 0.6) is 0 Å². The molecule has 43 heavy (non-hydrogen) atoms. The van der Waals surface area contributed by atoms with Crippen molar-refractivity contribution in [2.45, 2.75) is 24.0 Å². The van der Waals surface area contributed by atoms with E-state index in [-0.39, 0.29) is 5.91 Å². The summed E-state index contributed by atoms with van der Waals surface area (Å²) in [6.45, 7) is 5.23. The Morgan fingerprint density at radius 3 is 2.23 bits per heavy atom. The largest absolute Gasteiger partial charge is 0.354 e. The molecule has 0 atom stereocenters. The van der Waals surface area contributed by atoms with Crippen molar-refractivity contribution in [2.24, 2.45) is 0 Å². The molecule has 0 unspecified atom stereocenters. The van der Waals surface area contributed by atoms with E-state index in [1.54, 1.807) is 24.2 Å². The zero-order valence-corrected chi connectivity index (χ0v) is 24.8. The van der Waals surface area contributed by atoms with E-state index in [1.807, 2.05) is 54.6 Å². The van der Waals surface area contributed by atoms with Crippen molar-refractivity contribution in [2.75, 3.05) is 31.1 Å². The molecule has 0 aliphatic carbocycles. The number of hydrogen-bond donors (Lipinski definition) is 1. The van der Waals surface area contributed by atoms with E-state index in [4.69, 9.17) is 9.97 Å². The summed E-state index contributed by atoms with van der Waals surface area (Å²) in [5.74, 6) is 1.52. The molecule has 0 spiro atoms. The highest BCUT2D eigenvalue weighted by atomic mass is 32.2. The first-order chi connectivity index (χ1) is 21.2. The Kier molecular flexibility index (Phi) is 9.37. The molecule has 0 saturated carbocycles. The topological polar surface area (TPSA) is 74.2 Å². The molecule has 6 rings (SSSR count). The van der Waals surface area contributed by atoms with Gasteiger partial charge in [0.2, 0.25) is 0 Å². The summed E-state index contributed by atoms with van der Waals surface area (Å²) in [7, 11) is 0.